The third-order valence-corrected chi connectivity index (χ3v) is 5.13. The van der Waals surface area contributed by atoms with E-state index in [0.29, 0.717) is 19.2 Å². The predicted octanol–water partition coefficient (Wildman–Crippen LogP) is 3.14. The Morgan fingerprint density at radius 2 is 1.83 bits per heavy atom. The van der Waals surface area contributed by atoms with E-state index in [0.717, 1.165) is 6.07 Å². The maximum Gasteiger partial charge on any atom is 0.390 e. The molecule has 0 aliphatic heterocycles. The molecule has 23 heavy (non-hydrogen) atoms. The summed E-state index contributed by atoms with van der Waals surface area (Å²) < 4.78 is 92.9. The molecule has 0 aliphatic carbocycles. The summed E-state index contributed by atoms with van der Waals surface area (Å²) in [5, 5.41) is -4.48. The zero-order valence-electron chi connectivity index (χ0n) is 11.5. The Morgan fingerprint density at radius 3 is 2.26 bits per heavy atom. The average molecular weight is 381 g/mol. The summed E-state index contributed by atoms with van der Waals surface area (Å²) in [6, 6.07) is 1.75. The molecule has 0 amide bonds. The molecule has 0 aliphatic rings. The van der Waals surface area contributed by atoms with Crippen LogP contribution in [-0.2, 0) is 24.4 Å². The molecule has 1 aromatic rings. The first kappa shape index (κ1) is 19.6. The third kappa shape index (κ3) is 4.11. The van der Waals surface area contributed by atoms with Gasteiger partial charge in [-0.3, -0.25) is 0 Å². The van der Waals surface area contributed by atoms with Crippen molar-refractivity contribution in [1.29, 1.82) is 0 Å². The first-order valence-electron chi connectivity index (χ1n) is 5.87. The molecule has 0 spiro atoms. The van der Waals surface area contributed by atoms with Crippen LogP contribution in [0.2, 0.25) is 5.02 Å². The van der Waals surface area contributed by atoms with Crippen LogP contribution in [-0.4, -0.2) is 33.4 Å². The molecule has 1 rings (SSSR count). The molecule has 0 fully saturated rings. The van der Waals surface area contributed by atoms with E-state index in [1.165, 1.54) is 0 Å². The molecular weight excluding hydrogens is 371 g/mol. The highest BCUT2D eigenvalue weighted by Gasteiger charge is 2.55. The van der Waals surface area contributed by atoms with Crippen LogP contribution in [0.5, 0.6) is 0 Å². The molecule has 0 saturated heterocycles. The van der Waals surface area contributed by atoms with E-state index in [9.17, 15) is 35.2 Å². The number of ether oxygens (including phenoxy) is 1. The Hall–Kier alpha value is -1.42. The van der Waals surface area contributed by atoms with Crippen molar-refractivity contribution in [3.05, 3.63) is 34.6 Å². The van der Waals surface area contributed by atoms with Crippen LogP contribution >= 0.6 is 11.6 Å². The molecule has 130 valence electrons. The lowest BCUT2D eigenvalue weighted by Gasteiger charge is -2.23. The third-order valence-electron chi connectivity index (χ3n) is 2.82. The van der Waals surface area contributed by atoms with Crippen LogP contribution in [0.1, 0.15) is 12.0 Å². The lowest BCUT2D eigenvalue weighted by Crippen LogP contribution is -2.42. The summed E-state index contributed by atoms with van der Waals surface area (Å²) in [5.41, 5.74) is -1.03. The molecule has 0 heterocycles. The van der Waals surface area contributed by atoms with Crippen molar-refractivity contribution in [3.63, 3.8) is 0 Å². The van der Waals surface area contributed by atoms with Gasteiger partial charge in [-0.1, -0.05) is 17.7 Å². The van der Waals surface area contributed by atoms with Gasteiger partial charge in [0, 0.05) is 5.56 Å². The van der Waals surface area contributed by atoms with Crippen LogP contribution < -0.4 is 0 Å². The van der Waals surface area contributed by atoms with Crippen LogP contribution in [0.3, 0.4) is 0 Å². The highest BCUT2D eigenvalue weighted by Crippen LogP contribution is 2.37. The monoisotopic (exact) mass is 380 g/mol. The highest BCUT2D eigenvalue weighted by atomic mass is 35.5. The lowest BCUT2D eigenvalue weighted by molar-refractivity contribution is -0.149. The molecule has 1 unspecified atom stereocenters. The lowest BCUT2D eigenvalue weighted by atomic mass is 10.1. The van der Waals surface area contributed by atoms with Gasteiger partial charge in [0.25, 0.3) is 0 Å². The largest absolute Gasteiger partial charge is 0.466 e. The summed E-state index contributed by atoms with van der Waals surface area (Å²) in [7, 11) is -4.68. The van der Waals surface area contributed by atoms with Crippen LogP contribution in [0.15, 0.2) is 18.2 Å². The highest BCUT2D eigenvalue weighted by molar-refractivity contribution is 7.92. The minimum atomic E-state index is -5.32. The molecule has 1 aromatic carbocycles. The van der Waals surface area contributed by atoms with Gasteiger partial charge in [-0.15, -0.1) is 0 Å². The zero-order valence-corrected chi connectivity index (χ0v) is 13.0. The summed E-state index contributed by atoms with van der Waals surface area (Å²) in [6.45, 7) is 0. The minimum Gasteiger partial charge on any atom is -0.466 e. The van der Waals surface area contributed by atoms with Gasteiger partial charge in [-0.25, -0.2) is 22.0 Å². The second-order valence-corrected chi connectivity index (χ2v) is 7.01. The van der Waals surface area contributed by atoms with Crippen molar-refractivity contribution >= 4 is 27.4 Å². The Kier molecular flexibility index (Phi) is 5.63. The number of benzene rings is 1. The second-order valence-electron chi connectivity index (χ2n) is 4.40. The maximum atomic E-state index is 14.9. The molecule has 4 nitrogen and oxygen atoms in total. The molecular formula is C12H10ClF5O4S. The topological polar surface area (TPSA) is 60.4 Å². The number of methoxy groups -OCH3 is 1. The molecule has 0 saturated carbocycles. The van der Waals surface area contributed by atoms with E-state index in [-0.39, 0.29) is 0 Å². The molecule has 0 N–H and O–H groups in total. The number of esters is 1. The Bertz CT molecular complexity index is 704. The number of rotatable bonds is 5. The number of halogens is 6. The van der Waals surface area contributed by atoms with E-state index in [2.05, 4.69) is 4.74 Å². The Morgan fingerprint density at radius 1 is 1.26 bits per heavy atom. The van der Waals surface area contributed by atoms with E-state index >= 15 is 0 Å². The van der Waals surface area contributed by atoms with Crippen molar-refractivity contribution in [1.82, 2.24) is 0 Å². The number of carbonyl (C=O) groups excluding carboxylic acids is 1. The first-order chi connectivity index (χ1) is 10.3. The zero-order chi connectivity index (χ0) is 18.1. The molecule has 1 atom stereocenters. The van der Waals surface area contributed by atoms with Gasteiger partial charge in [0.05, 0.1) is 24.3 Å². The van der Waals surface area contributed by atoms with Gasteiger partial charge in [-0.2, -0.15) is 13.2 Å². The summed E-state index contributed by atoms with van der Waals surface area (Å²) >= 11 is 5.37. The fourth-order valence-corrected chi connectivity index (χ4v) is 3.36. The van der Waals surface area contributed by atoms with Gasteiger partial charge in [0.2, 0.25) is 9.84 Å². The summed E-state index contributed by atoms with van der Waals surface area (Å²) in [5.74, 6) is -4.95. The van der Waals surface area contributed by atoms with Crippen molar-refractivity contribution < 1.29 is 39.9 Å². The van der Waals surface area contributed by atoms with Crippen molar-refractivity contribution in [3.8, 4) is 0 Å². The normalized spacial score (nSPS) is 15.1. The number of hydrogen-bond donors (Lipinski definition) is 0. The van der Waals surface area contributed by atoms with Crippen molar-refractivity contribution in [2.45, 2.75) is 17.6 Å². The van der Waals surface area contributed by atoms with Gasteiger partial charge in [0.15, 0.2) is 0 Å². The SMILES string of the molecule is COC(=O)C(F)(c1ccc(Cl)c(F)c1)S(=O)(=O)CCC(F)(F)F. The van der Waals surface area contributed by atoms with E-state index in [1.807, 2.05) is 0 Å². The summed E-state index contributed by atoms with van der Waals surface area (Å²) in [6.07, 6.45) is -6.77. The molecule has 0 radical (unpaired) electrons. The minimum absolute atomic E-state index is 0.310. The first-order valence-corrected chi connectivity index (χ1v) is 7.90. The summed E-state index contributed by atoms with van der Waals surface area (Å²) in [4.78, 5) is 11.6. The molecule has 11 heteroatoms. The van der Waals surface area contributed by atoms with Crippen LogP contribution in [0.4, 0.5) is 22.0 Å². The fraction of sp³-hybridized carbons (Fsp3) is 0.417. The van der Waals surface area contributed by atoms with Crippen LogP contribution in [0, 0.1) is 5.82 Å². The average Bonchev–Trinajstić information content (AvgIpc) is 2.45. The standard InChI is InChI=1S/C12H10ClF5O4S/c1-22-10(19)12(18,7-2-3-8(13)9(14)6-7)23(20,21)5-4-11(15,16)17/h2-3,6H,4-5H2,1H3. The smallest absolute Gasteiger partial charge is 0.390 e. The second kappa shape index (κ2) is 6.60. The number of alkyl halides is 4. The van der Waals surface area contributed by atoms with E-state index in [1.54, 1.807) is 0 Å². The number of hydrogen-bond acceptors (Lipinski definition) is 4. The van der Waals surface area contributed by atoms with Gasteiger partial charge < -0.3 is 4.74 Å². The quantitative estimate of drug-likeness (QED) is 0.581. The van der Waals surface area contributed by atoms with Crippen LogP contribution in [0.25, 0.3) is 0 Å². The van der Waals surface area contributed by atoms with E-state index < -0.39 is 55.6 Å². The van der Waals surface area contributed by atoms with Gasteiger partial charge in [0.1, 0.15) is 5.82 Å². The Labute approximate surface area is 133 Å². The predicted molar refractivity (Wildman–Crippen MR) is 70.7 cm³/mol. The maximum absolute atomic E-state index is 14.9. The molecule has 0 aromatic heterocycles. The number of sulfone groups is 1. The molecule has 0 bridgehead atoms. The fourth-order valence-electron chi connectivity index (χ4n) is 1.64. The van der Waals surface area contributed by atoms with Gasteiger partial charge >= 0.3 is 17.1 Å². The van der Waals surface area contributed by atoms with Crippen molar-refractivity contribution in [2.75, 3.05) is 12.9 Å². The number of carbonyl (C=O) groups is 1. The Balaban J connectivity index is 3.43. The van der Waals surface area contributed by atoms with Crippen molar-refractivity contribution in [2.24, 2.45) is 0 Å². The van der Waals surface area contributed by atoms with E-state index in [4.69, 9.17) is 11.6 Å². The van der Waals surface area contributed by atoms with Gasteiger partial charge in [-0.05, 0) is 12.1 Å².